The predicted molar refractivity (Wildman–Crippen MR) is 137 cm³/mol. The Morgan fingerprint density at radius 2 is 1.36 bits per heavy atom. The molecule has 0 bridgehead atoms. The molecular formula is C30H30F6N2O. The molecular weight excluding hydrogens is 518 g/mol. The van der Waals surface area contributed by atoms with Crippen molar-refractivity contribution in [2.75, 3.05) is 0 Å². The van der Waals surface area contributed by atoms with Crippen LogP contribution in [0.2, 0.25) is 0 Å². The Labute approximate surface area is 223 Å². The van der Waals surface area contributed by atoms with E-state index in [1.54, 1.807) is 0 Å². The molecule has 3 aromatic carbocycles. The lowest BCUT2D eigenvalue weighted by Crippen LogP contribution is -2.49. The van der Waals surface area contributed by atoms with E-state index in [-0.39, 0.29) is 17.7 Å². The number of rotatable bonds is 7. The molecule has 1 amide bonds. The van der Waals surface area contributed by atoms with Crippen molar-refractivity contribution in [3.8, 4) is 0 Å². The topological polar surface area (TPSA) is 41.1 Å². The average molecular weight is 549 g/mol. The van der Waals surface area contributed by atoms with Gasteiger partial charge in [-0.3, -0.25) is 4.79 Å². The fraction of sp³-hybridized carbons (Fsp3) is 0.367. The van der Waals surface area contributed by atoms with Crippen LogP contribution in [0.15, 0.2) is 78.9 Å². The van der Waals surface area contributed by atoms with Gasteiger partial charge in [0, 0.05) is 12.6 Å². The molecule has 0 aromatic heterocycles. The summed E-state index contributed by atoms with van der Waals surface area (Å²) >= 11 is 0. The number of hydrogen-bond donors (Lipinski definition) is 2. The molecule has 4 rings (SSSR count). The van der Waals surface area contributed by atoms with Crippen molar-refractivity contribution in [3.05, 3.63) is 107 Å². The third-order valence-electron chi connectivity index (χ3n) is 7.50. The number of amides is 1. The van der Waals surface area contributed by atoms with Gasteiger partial charge < -0.3 is 10.6 Å². The minimum Gasteiger partial charge on any atom is -0.349 e. The molecule has 208 valence electrons. The molecule has 0 spiro atoms. The van der Waals surface area contributed by atoms with Crippen LogP contribution in [0.3, 0.4) is 0 Å². The second-order valence-electron chi connectivity index (χ2n) is 10.1. The average Bonchev–Trinajstić information content (AvgIpc) is 2.92. The molecule has 1 unspecified atom stereocenters. The van der Waals surface area contributed by atoms with E-state index < -0.39 is 40.8 Å². The zero-order chi connectivity index (χ0) is 28.3. The van der Waals surface area contributed by atoms with Gasteiger partial charge in [0.2, 0.25) is 5.91 Å². The summed E-state index contributed by atoms with van der Waals surface area (Å²) in [5.74, 6) is -0.409. The molecule has 1 fully saturated rings. The van der Waals surface area contributed by atoms with E-state index >= 15 is 0 Å². The Morgan fingerprint density at radius 1 is 0.846 bits per heavy atom. The quantitative estimate of drug-likeness (QED) is 0.299. The largest absolute Gasteiger partial charge is 0.416 e. The Hall–Kier alpha value is -3.33. The second-order valence-corrected chi connectivity index (χ2v) is 10.1. The Balaban J connectivity index is 1.55. The first-order valence-corrected chi connectivity index (χ1v) is 12.8. The maximum atomic E-state index is 13.8. The van der Waals surface area contributed by atoms with Crippen molar-refractivity contribution in [2.24, 2.45) is 0 Å². The third-order valence-corrected chi connectivity index (χ3v) is 7.50. The lowest BCUT2D eigenvalue weighted by Gasteiger charge is -2.40. The standard InChI is InChI=1S/C30H30F6N2O/c1-20(22-16-24(29(31,32)33)18-25(17-22)30(34,35)36)38-27(39)28(23-10-6-3-7-11-23)14-12-26(13-15-28)37-19-21-8-4-2-5-9-21/h2-11,16-18,20,26,37H,12-15,19H2,1H3,(H,38,39)/t20?,26-,28-. The summed E-state index contributed by atoms with van der Waals surface area (Å²) in [5.41, 5.74) is -2.10. The second kappa shape index (κ2) is 11.4. The fourth-order valence-corrected chi connectivity index (χ4v) is 5.22. The molecule has 1 aliphatic carbocycles. The molecule has 1 atom stereocenters. The SMILES string of the molecule is CC(NC(=O)[C@]1(c2ccccc2)CC[C@@H](NCc2ccccc2)CC1)c1cc(C(F)(F)F)cc(C(F)(F)F)c1. The summed E-state index contributed by atoms with van der Waals surface area (Å²) in [6.07, 6.45) is -7.58. The molecule has 0 saturated heterocycles. The van der Waals surface area contributed by atoms with Gasteiger partial charge in [0.15, 0.2) is 0 Å². The number of halogens is 6. The molecule has 0 radical (unpaired) electrons. The van der Waals surface area contributed by atoms with Crippen LogP contribution in [0, 0.1) is 0 Å². The highest BCUT2D eigenvalue weighted by Crippen LogP contribution is 2.41. The Bertz CT molecular complexity index is 1220. The van der Waals surface area contributed by atoms with Crippen molar-refractivity contribution in [3.63, 3.8) is 0 Å². The van der Waals surface area contributed by atoms with Crippen molar-refractivity contribution < 1.29 is 31.1 Å². The van der Waals surface area contributed by atoms with Gasteiger partial charge in [-0.05, 0) is 67.5 Å². The highest BCUT2D eigenvalue weighted by molar-refractivity contribution is 5.88. The molecule has 39 heavy (non-hydrogen) atoms. The zero-order valence-corrected chi connectivity index (χ0v) is 21.4. The van der Waals surface area contributed by atoms with Gasteiger partial charge >= 0.3 is 12.4 Å². The molecule has 9 heteroatoms. The first-order valence-electron chi connectivity index (χ1n) is 12.8. The normalized spacial score (nSPS) is 20.8. The van der Waals surface area contributed by atoms with Gasteiger partial charge in [0.25, 0.3) is 0 Å². The van der Waals surface area contributed by atoms with Crippen molar-refractivity contribution in [1.82, 2.24) is 10.6 Å². The van der Waals surface area contributed by atoms with Crippen molar-refractivity contribution in [1.29, 1.82) is 0 Å². The molecule has 3 nitrogen and oxygen atoms in total. The lowest BCUT2D eigenvalue weighted by molar-refractivity contribution is -0.143. The Kier molecular flexibility index (Phi) is 8.39. The summed E-state index contributed by atoms with van der Waals surface area (Å²) in [4.78, 5) is 13.8. The molecule has 1 saturated carbocycles. The molecule has 1 aliphatic rings. The van der Waals surface area contributed by atoms with Crippen molar-refractivity contribution in [2.45, 2.75) is 69.0 Å². The van der Waals surface area contributed by atoms with Crippen LogP contribution in [0.1, 0.15) is 66.5 Å². The van der Waals surface area contributed by atoms with Gasteiger partial charge in [-0.15, -0.1) is 0 Å². The molecule has 3 aromatic rings. The summed E-state index contributed by atoms with van der Waals surface area (Å²) in [7, 11) is 0. The van der Waals surface area contributed by atoms with Gasteiger partial charge in [0.05, 0.1) is 22.6 Å². The van der Waals surface area contributed by atoms with E-state index in [2.05, 4.69) is 10.6 Å². The molecule has 0 heterocycles. The minimum atomic E-state index is -4.96. The number of alkyl halides is 6. The van der Waals surface area contributed by atoms with Gasteiger partial charge in [-0.2, -0.15) is 26.3 Å². The summed E-state index contributed by atoms with van der Waals surface area (Å²) in [6.45, 7) is 2.09. The number of hydrogen-bond acceptors (Lipinski definition) is 2. The van der Waals surface area contributed by atoms with Crippen LogP contribution in [0.25, 0.3) is 0 Å². The molecule has 2 N–H and O–H groups in total. The fourth-order valence-electron chi connectivity index (χ4n) is 5.22. The number of carbonyl (C=O) groups excluding carboxylic acids is 1. The number of nitrogens with one attached hydrogen (secondary N) is 2. The maximum Gasteiger partial charge on any atom is 0.416 e. The van der Waals surface area contributed by atoms with E-state index in [1.165, 1.54) is 6.92 Å². The summed E-state index contributed by atoms with van der Waals surface area (Å²) in [5, 5.41) is 6.27. The monoisotopic (exact) mass is 548 g/mol. The van der Waals surface area contributed by atoms with Gasteiger partial charge in [-0.25, -0.2) is 0 Å². The van der Waals surface area contributed by atoms with E-state index in [0.29, 0.717) is 44.4 Å². The highest BCUT2D eigenvalue weighted by atomic mass is 19.4. The van der Waals surface area contributed by atoms with Crippen LogP contribution in [-0.2, 0) is 29.1 Å². The zero-order valence-electron chi connectivity index (χ0n) is 21.4. The van der Waals surface area contributed by atoms with Crippen LogP contribution >= 0.6 is 0 Å². The highest BCUT2D eigenvalue weighted by Gasteiger charge is 2.44. The third kappa shape index (κ3) is 6.82. The lowest BCUT2D eigenvalue weighted by atomic mass is 9.67. The van der Waals surface area contributed by atoms with Gasteiger partial charge in [-0.1, -0.05) is 60.7 Å². The summed E-state index contributed by atoms with van der Waals surface area (Å²) < 4.78 is 80.3. The van der Waals surface area contributed by atoms with E-state index in [0.717, 1.165) is 11.1 Å². The van der Waals surface area contributed by atoms with Crippen LogP contribution < -0.4 is 10.6 Å². The number of carbonyl (C=O) groups is 1. The van der Waals surface area contributed by atoms with Crippen molar-refractivity contribution >= 4 is 5.91 Å². The summed E-state index contributed by atoms with van der Waals surface area (Å²) in [6, 6.07) is 19.6. The van der Waals surface area contributed by atoms with Crippen LogP contribution in [0.4, 0.5) is 26.3 Å². The van der Waals surface area contributed by atoms with Gasteiger partial charge in [0.1, 0.15) is 0 Å². The first kappa shape index (κ1) is 28.7. The Morgan fingerprint density at radius 3 is 1.87 bits per heavy atom. The minimum absolute atomic E-state index is 0.0905. The predicted octanol–water partition coefficient (Wildman–Crippen LogP) is 7.57. The van der Waals surface area contributed by atoms with Crippen LogP contribution in [0.5, 0.6) is 0 Å². The first-order chi connectivity index (χ1) is 18.4. The van der Waals surface area contributed by atoms with E-state index in [1.807, 2.05) is 60.7 Å². The smallest absolute Gasteiger partial charge is 0.349 e. The molecule has 0 aliphatic heterocycles. The van der Waals surface area contributed by atoms with Crippen LogP contribution in [-0.4, -0.2) is 11.9 Å². The number of benzene rings is 3. The maximum absolute atomic E-state index is 13.8. The van der Waals surface area contributed by atoms with E-state index in [9.17, 15) is 31.1 Å². The van der Waals surface area contributed by atoms with E-state index in [4.69, 9.17) is 0 Å².